The van der Waals surface area contributed by atoms with Crippen LogP contribution in [0.1, 0.15) is 28.8 Å². The molecule has 1 fully saturated rings. The van der Waals surface area contributed by atoms with Gasteiger partial charge in [-0.05, 0) is 62.2 Å². The van der Waals surface area contributed by atoms with Crippen LogP contribution in [0.4, 0.5) is 10.1 Å². The minimum absolute atomic E-state index is 0.0207. The van der Waals surface area contributed by atoms with Gasteiger partial charge < -0.3 is 5.32 Å². The molecule has 0 saturated heterocycles. The molecular formula is C26H23FN4O3S. The molecule has 5 rings (SSSR count). The molecule has 1 aliphatic carbocycles. The summed E-state index contributed by atoms with van der Waals surface area (Å²) in [5.74, 6) is -0.817. The number of benzene rings is 3. The fourth-order valence-electron chi connectivity index (χ4n) is 3.62. The number of sulfonamides is 1. The molecule has 4 aromatic rings. The third-order valence-corrected chi connectivity index (χ3v) is 7.19. The zero-order valence-corrected chi connectivity index (χ0v) is 19.7. The van der Waals surface area contributed by atoms with Gasteiger partial charge in [0.1, 0.15) is 11.5 Å². The van der Waals surface area contributed by atoms with Gasteiger partial charge in [0.25, 0.3) is 5.91 Å². The quantitative estimate of drug-likeness (QED) is 0.393. The van der Waals surface area contributed by atoms with E-state index in [2.05, 4.69) is 15.1 Å². The average molecular weight is 491 g/mol. The van der Waals surface area contributed by atoms with Gasteiger partial charge in [0.15, 0.2) is 0 Å². The summed E-state index contributed by atoms with van der Waals surface area (Å²) in [6.45, 7) is 1.97. The zero-order chi connectivity index (χ0) is 24.6. The van der Waals surface area contributed by atoms with Crippen molar-refractivity contribution >= 4 is 21.6 Å². The van der Waals surface area contributed by atoms with Gasteiger partial charge >= 0.3 is 0 Å². The molecule has 1 saturated carbocycles. The van der Waals surface area contributed by atoms with E-state index in [9.17, 15) is 17.6 Å². The van der Waals surface area contributed by atoms with E-state index in [1.54, 1.807) is 30.5 Å². The van der Waals surface area contributed by atoms with Gasteiger partial charge in [-0.15, -0.1) is 0 Å². The molecule has 0 unspecified atom stereocenters. The van der Waals surface area contributed by atoms with Gasteiger partial charge in [-0.1, -0.05) is 35.9 Å². The second-order valence-electron chi connectivity index (χ2n) is 8.56. The minimum Gasteiger partial charge on any atom is -0.322 e. The first kappa shape index (κ1) is 22.9. The summed E-state index contributed by atoms with van der Waals surface area (Å²) in [7, 11) is -3.66. The van der Waals surface area contributed by atoms with Crippen molar-refractivity contribution in [3.8, 4) is 16.9 Å². The summed E-state index contributed by atoms with van der Waals surface area (Å²) < 4.78 is 42.7. The molecular weight excluding hydrogens is 467 g/mol. The highest BCUT2D eigenvalue weighted by molar-refractivity contribution is 7.89. The number of aromatic nitrogens is 2. The second kappa shape index (κ2) is 9.09. The Morgan fingerprint density at radius 2 is 1.74 bits per heavy atom. The van der Waals surface area contributed by atoms with Crippen LogP contribution >= 0.6 is 0 Å². The SMILES string of the molecule is Cc1ccc(-c2nn(-c3ccc(F)cc3)cc2C(=O)Nc2cccc(S(=O)(=O)NC3CC3)c2)cc1. The summed E-state index contributed by atoms with van der Waals surface area (Å²) in [6.07, 6.45) is 3.23. The summed E-state index contributed by atoms with van der Waals surface area (Å²) in [5, 5.41) is 7.39. The van der Waals surface area contributed by atoms with Gasteiger partial charge in [-0.3, -0.25) is 4.79 Å². The molecule has 35 heavy (non-hydrogen) atoms. The number of nitrogens with zero attached hydrogens (tertiary/aromatic N) is 2. The van der Waals surface area contributed by atoms with Crippen molar-refractivity contribution in [2.45, 2.75) is 30.7 Å². The molecule has 0 radical (unpaired) electrons. The van der Waals surface area contributed by atoms with Crippen molar-refractivity contribution in [1.29, 1.82) is 0 Å². The number of aryl methyl sites for hydroxylation is 1. The van der Waals surface area contributed by atoms with Gasteiger partial charge in [-0.2, -0.15) is 5.10 Å². The molecule has 1 heterocycles. The lowest BCUT2D eigenvalue weighted by Gasteiger charge is -2.09. The van der Waals surface area contributed by atoms with Gasteiger partial charge in [-0.25, -0.2) is 22.2 Å². The Morgan fingerprint density at radius 3 is 2.43 bits per heavy atom. The first-order chi connectivity index (χ1) is 16.8. The van der Waals surface area contributed by atoms with Crippen LogP contribution in [0.25, 0.3) is 16.9 Å². The smallest absolute Gasteiger partial charge is 0.259 e. The van der Waals surface area contributed by atoms with Crippen molar-refractivity contribution in [1.82, 2.24) is 14.5 Å². The molecule has 0 spiro atoms. The van der Waals surface area contributed by atoms with Crippen molar-refractivity contribution in [3.63, 3.8) is 0 Å². The van der Waals surface area contributed by atoms with Gasteiger partial charge in [0, 0.05) is 23.5 Å². The van der Waals surface area contributed by atoms with Crippen LogP contribution in [-0.2, 0) is 10.0 Å². The summed E-state index contributed by atoms with van der Waals surface area (Å²) in [6, 6.07) is 19.5. The molecule has 7 nitrogen and oxygen atoms in total. The molecule has 0 aliphatic heterocycles. The number of hydrogen-bond donors (Lipinski definition) is 2. The normalized spacial score (nSPS) is 13.5. The third kappa shape index (κ3) is 5.16. The summed E-state index contributed by atoms with van der Waals surface area (Å²) in [4.78, 5) is 13.4. The maximum absolute atomic E-state index is 13.4. The minimum atomic E-state index is -3.66. The monoisotopic (exact) mass is 490 g/mol. The number of rotatable bonds is 7. The van der Waals surface area contributed by atoms with Crippen LogP contribution in [-0.4, -0.2) is 30.1 Å². The third-order valence-electron chi connectivity index (χ3n) is 5.68. The standard InChI is InChI=1S/C26H23FN4O3S/c1-17-5-7-18(8-6-17)25-24(16-31(29-25)22-13-9-19(27)10-14-22)26(32)28-21-3-2-4-23(15-21)35(33,34)30-20-11-12-20/h2-10,13-16,20,30H,11-12H2,1H3,(H,28,32). The van der Waals surface area contributed by atoms with Crippen LogP contribution in [0.5, 0.6) is 0 Å². The number of amides is 1. The Balaban J connectivity index is 1.48. The Morgan fingerprint density at radius 1 is 1.03 bits per heavy atom. The van der Waals surface area contributed by atoms with Gasteiger partial charge in [0.05, 0.1) is 16.1 Å². The average Bonchev–Trinajstić information content (AvgIpc) is 3.53. The van der Waals surface area contributed by atoms with E-state index in [1.807, 2.05) is 31.2 Å². The van der Waals surface area contributed by atoms with Crippen LogP contribution in [0.3, 0.4) is 0 Å². The predicted molar refractivity (Wildman–Crippen MR) is 131 cm³/mol. The van der Waals surface area contributed by atoms with Crippen LogP contribution in [0.2, 0.25) is 0 Å². The first-order valence-electron chi connectivity index (χ1n) is 11.1. The predicted octanol–water partition coefficient (Wildman–Crippen LogP) is 4.68. The fraction of sp³-hybridized carbons (Fsp3) is 0.154. The van der Waals surface area contributed by atoms with E-state index in [4.69, 9.17) is 0 Å². The molecule has 1 aromatic heterocycles. The highest BCUT2D eigenvalue weighted by atomic mass is 32.2. The first-order valence-corrected chi connectivity index (χ1v) is 12.6. The van der Waals surface area contributed by atoms with Gasteiger partial charge in [0.2, 0.25) is 10.0 Å². The molecule has 1 amide bonds. The van der Waals surface area contributed by atoms with E-state index in [1.165, 1.54) is 28.9 Å². The van der Waals surface area contributed by atoms with Crippen LogP contribution in [0, 0.1) is 12.7 Å². The molecule has 2 N–H and O–H groups in total. The number of nitrogens with one attached hydrogen (secondary N) is 2. The molecule has 3 aromatic carbocycles. The number of carbonyl (C=O) groups excluding carboxylic acids is 1. The lowest BCUT2D eigenvalue weighted by atomic mass is 10.1. The van der Waals surface area contributed by atoms with E-state index < -0.39 is 15.9 Å². The van der Waals surface area contributed by atoms with E-state index >= 15 is 0 Å². The molecule has 0 atom stereocenters. The highest BCUT2D eigenvalue weighted by Gasteiger charge is 2.28. The van der Waals surface area contributed by atoms with Crippen LogP contribution in [0.15, 0.2) is 83.9 Å². The molecule has 178 valence electrons. The Bertz CT molecular complexity index is 1490. The van der Waals surface area contributed by atoms with Crippen molar-refractivity contribution < 1.29 is 17.6 Å². The topological polar surface area (TPSA) is 93.1 Å². The van der Waals surface area contributed by atoms with Crippen LogP contribution < -0.4 is 10.0 Å². The summed E-state index contributed by atoms with van der Waals surface area (Å²) >= 11 is 0. The Hall–Kier alpha value is -3.82. The fourth-order valence-corrected chi connectivity index (χ4v) is 4.97. The van der Waals surface area contributed by atoms with E-state index in [-0.39, 0.29) is 16.8 Å². The lowest BCUT2D eigenvalue weighted by Crippen LogP contribution is -2.25. The zero-order valence-electron chi connectivity index (χ0n) is 18.9. The maximum Gasteiger partial charge on any atom is 0.259 e. The number of anilines is 1. The Kier molecular flexibility index (Phi) is 5.96. The van der Waals surface area contributed by atoms with E-state index in [0.717, 1.165) is 24.0 Å². The molecule has 0 bridgehead atoms. The highest BCUT2D eigenvalue weighted by Crippen LogP contribution is 2.27. The van der Waals surface area contributed by atoms with Crippen molar-refractivity contribution in [2.75, 3.05) is 5.32 Å². The molecule has 1 aliphatic rings. The number of hydrogen-bond acceptors (Lipinski definition) is 4. The largest absolute Gasteiger partial charge is 0.322 e. The van der Waals surface area contributed by atoms with Crippen molar-refractivity contribution in [3.05, 3.63) is 95.9 Å². The summed E-state index contributed by atoms with van der Waals surface area (Å²) in [5.41, 5.74) is 3.49. The number of halogens is 1. The second-order valence-corrected chi connectivity index (χ2v) is 10.3. The van der Waals surface area contributed by atoms with Crippen molar-refractivity contribution in [2.24, 2.45) is 0 Å². The molecule has 9 heteroatoms. The van der Waals surface area contributed by atoms with E-state index in [0.29, 0.717) is 22.6 Å². The maximum atomic E-state index is 13.4. The number of carbonyl (C=O) groups is 1. The Labute approximate surface area is 202 Å². The lowest BCUT2D eigenvalue weighted by molar-refractivity contribution is 0.102.